The summed E-state index contributed by atoms with van der Waals surface area (Å²) < 4.78 is 5.43. The fraction of sp³-hybridized carbons (Fsp3) is 0.474. The zero-order valence-electron chi connectivity index (χ0n) is 14.6. The zero-order valence-corrected chi connectivity index (χ0v) is 14.6. The lowest BCUT2D eigenvalue weighted by Gasteiger charge is -2.33. The molecule has 2 heterocycles. The molecule has 5 heteroatoms. The summed E-state index contributed by atoms with van der Waals surface area (Å²) in [6.07, 6.45) is 1.58. The highest BCUT2D eigenvalue weighted by atomic mass is 16.6. The molecule has 128 valence electrons. The van der Waals surface area contributed by atoms with Gasteiger partial charge in [-0.15, -0.1) is 0 Å². The fourth-order valence-corrected chi connectivity index (χ4v) is 2.89. The van der Waals surface area contributed by atoms with E-state index in [2.05, 4.69) is 22.4 Å². The van der Waals surface area contributed by atoms with Crippen LogP contribution in [0.4, 0.5) is 10.6 Å². The predicted octanol–water partition coefficient (Wildman–Crippen LogP) is 4.05. The highest BCUT2D eigenvalue weighted by Crippen LogP contribution is 2.20. The van der Waals surface area contributed by atoms with Crippen molar-refractivity contribution in [1.82, 2.24) is 9.88 Å². The zero-order chi connectivity index (χ0) is 17.2. The Kier molecular flexibility index (Phi) is 4.60. The van der Waals surface area contributed by atoms with E-state index in [1.165, 1.54) is 0 Å². The number of nitrogens with zero attached hydrogens (tertiary/aromatic N) is 2. The van der Waals surface area contributed by atoms with Gasteiger partial charge in [-0.3, -0.25) is 0 Å². The summed E-state index contributed by atoms with van der Waals surface area (Å²) in [5, 5.41) is 4.63. The molecule has 1 amide bonds. The number of carbonyl (C=O) groups is 1. The number of piperidine rings is 1. The van der Waals surface area contributed by atoms with Crippen molar-refractivity contribution in [2.75, 3.05) is 18.4 Å². The number of carbonyl (C=O) groups excluding carboxylic acids is 1. The van der Waals surface area contributed by atoms with Gasteiger partial charge >= 0.3 is 6.09 Å². The van der Waals surface area contributed by atoms with Crippen molar-refractivity contribution in [3.63, 3.8) is 0 Å². The molecule has 1 N–H and O–H groups in total. The molecule has 1 aliphatic rings. The number of hydrogen-bond donors (Lipinski definition) is 1. The van der Waals surface area contributed by atoms with E-state index in [1.54, 1.807) is 4.90 Å². The highest BCUT2D eigenvalue weighted by molar-refractivity contribution is 5.80. The lowest BCUT2D eigenvalue weighted by atomic mass is 10.1. The van der Waals surface area contributed by atoms with Crippen LogP contribution < -0.4 is 5.32 Å². The molecular formula is C19H25N3O2. The number of aromatic nitrogens is 1. The van der Waals surface area contributed by atoms with E-state index in [0.29, 0.717) is 19.1 Å². The maximum atomic E-state index is 12.1. The van der Waals surface area contributed by atoms with Crippen molar-refractivity contribution in [3.05, 3.63) is 36.4 Å². The molecule has 3 rings (SSSR count). The van der Waals surface area contributed by atoms with E-state index in [0.717, 1.165) is 29.6 Å². The summed E-state index contributed by atoms with van der Waals surface area (Å²) in [4.78, 5) is 18.5. The van der Waals surface area contributed by atoms with Crippen LogP contribution in [0, 0.1) is 0 Å². The largest absolute Gasteiger partial charge is 0.444 e. The Morgan fingerprint density at radius 3 is 2.58 bits per heavy atom. The van der Waals surface area contributed by atoms with E-state index in [4.69, 9.17) is 4.74 Å². The molecule has 0 radical (unpaired) electrons. The second kappa shape index (κ2) is 6.67. The molecule has 1 aromatic heterocycles. The number of anilines is 1. The van der Waals surface area contributed by atoms with Gasteiger partial charge in [0.05, 0.1) is 5.52 Å². The smallest absolute Gasteiger partial charge is 0.410 e. The second-order valence-corrected chi connectivity index (χ2v) is 7.28. The average molecular weight is 327 g/mol. The molecule has 24 heavy (non-hydrogen) atoms. The number of likely N-dealkylation sites (tertiary alicyclic amines) is 1. The summed E-state index contributed by atoms with van der Waals surface area (Å²) in [5.41, 5.74) is 0.551. The Morgan fingerprint density at radius 1 is 1.17 bits per heavy atom. The normalized spacial score (nSPS) is 16.2. The Hall–Kier alpha value is -2.30. The van der Waals surface area contributed by atoms with Crippen LogP contribution in [-0.2, 0) is 4.74 Å². The number of pyridine rings is 1. The Labute approximate surface area is 143 Å². The van der Waals surface area contributed by atoms with Crippen molar-refractivity contribution < 1.29 is 9.53 Å². The molecule has 0 spiro atoms. The third-order valence-corrected chi connectivity index (χ3v) is 4.10. The summed E-state index contributed by atoms with van der Waals surface area (Å²) in [5.74, 6) is 0.893. The molecule has 0 saturated carbocycles. The number of nitrogens with one attached hydrogen (secondary N) is 1. The van der Waals surface area contributed by atoms with Crippen molar-refractivity contribution >= 4 is 22.8 Å². The molecule has 0 bridgehead atoms. The van der Waals surface area contributed by atoms with Gasteiger partial charge in [-0.05, 0) is 51.8 Å². The number of rotatable bonds is 2. The first kappa shape index (κ1) is 16.6. The van der Waals surface area contributed by atoms with Gasteiger partial charge in [0.1, 0.15) is 11.4 Å². The van der Waals surface area contributed by atoms with Gasteiger partial charge in [-0.25, -0.2) is 9.78 Å². The van der Waals surface area contributed by atoms with Crippen LogP contribution in [-0.4, -0.2) is 40.7 Å². The molecule has 1 fully saturated rings. The highest BCUT2D eigenvalue weighted by Gasteiger charge is 2.26. The molecular weight excluding hydrogens is 302 g/mol. The molecule has 1 aliphatic heterocycles. The summed E-state index contributed by atoms with van der Waals surface area (Å²) in [6, 6.07) is 12.5. The standard InChI is InChI=1S/C19H25N3O2/c1-19(2,3)24-18(23)22-12-10-15(11-13-22)20-17-9-8-14-6-4-5-7-16(14)21-17/h4-9,15H,10-13H2,1-3H3,(H,20,21). The number of benzene rings is 1. The number of fused-ring (bicyclic) bond motifs is 1. The maximum Gasteiger partial charge on any atom is 0.410 e. The lowest BCUT2D eigenvalue weighted by Crippen LogP contribution is -2.44. The van der Waals surface area contributed by atoms with E-state index < -0.39 is 5.60 Å². The van der Waals surface area contributed by atoms with Gasteiger partial charge < -0.3 is 15.0 Å². The van der Waals surface area contributed by atoms with Crippen molar-refractivity contribution in [1.29, 1.82) is 0 Å². The van der Waals surface area contributed by atoms with Gasteiger partial charge in [0.2, 0.25) is 0 Å². The van der Waals surface area contributed by atoms with Crippen LogP contribution >= 0.6 is 0 Å². The summed E-state index contributed by atoms with van der Waals surface area (Å²) in [6.45, 7) is 7.10. The third-order valence-electron chi connectivity index (χ3n) is 4.10. The molecule has 0 unspecified atom stereocenters. The van der Waals surface area contributed by atoms with Crippen LogP contribution in [0.1, 0.15) is 33.6 Å². The van der Waals surface area contributed by atoms with Crippen molar-refractivity contribution in [2.45, 2.75) is 45.3 Å². The minimum atomic E-state index is -0.443. The molecule has 1 saturated heterocycles. The number of ether oxygens (including phenoxy) is 1. The van der Waals surface area contributed by atoms with Gasteiger partial charge in [0.25, 0.3) is 0 Å². The molecule has 5 nitrogen and oxygen atoms in total. The van der Waals surface area contributed by atoms with Crippen LogP contribution in [0.5, 0.6) is 0 Å². The SMILES string of the molecule is CC(C)(C)OC(=O)N1CCC(Nc2ccc3ccccc3n2)CC1. The van der Waals surface area contributed by atoms with E-state index in [9.17, 15) is 4.79 Å². The maximum absolute atomic E-state index is 12.1. The van der Waals surface area contributed by atoms with Crippen LogP contribution in [0.2, 0.25) is 0 Å². The number of amides is 1. The van der Waals surface area contributed by atoms with Crippen LogP contribution in [0.3, 0.4) is 0 Å². The number of hydrogen-bond acceptors (Lipinski definition) is 4. The van der Waals surface area contributed by atoms with Gasteiger partial charge in [0.15, 0.2) is 0 Å². The average Bonchev–Trinajstić information content (AvgIpc) is 2.54. The van der Waals surface area contributed by atoms with E-state index in [-0.39, 0.29) is 6.09 Å². The van der Waals surface area contributed by atoms with Gasteiger partial charge in [-0.1, -0.05) is 18.2 Å². The quantitative estimate of drug-likeness (QED) is 0.904. The molecule has 2 aromatic rings. The lowest BCUT2D eigenvalue weighted by molar-refractivity contribution is 0.0210. The predicted molar refractivity (Wildman–Crippen MR) is 96.2 cm³/mol. The van der Waals surface area contributed by atoms with E-state index >= 15 is 0 Å². The van der Waals surface area contributed by atoms with Crippen LogP contribution in [0.25, 0.3) is 10.9 Å². The van der Waals surface area contributed by atoms with Crippen molar-refractivity contribution in [3.8, 4) is 0 Å². The van der Waals surface area contributed by atoms with Crippen molar-refractivity contribution in [2.24, 2.45) is 0 Å². The molecule has 1 aromatic carbocycles. The summed E-state index contributed by atoms with van der Waals surface area (Å²) >= 11 is 0. The second-order valence-electron chi connectivity index (χ2n) is 7.28. The molecule has 0 aliphatic carbocycles. The van der Waals surface area contributed by atoms with E-state index in [1.807, 2.05) is 45.0 Å². The fourth-order valence-electron chi connectivity index (χ4n) is 2.89. The minimum absolute atomic E-state index is 0.218. The minimum Gasteiger partial charge on any atom is -0.444 e. The first-order chi connectivity index (χ1) is 11.4. The number of para-hydroxylation sites is 1. The Bertz CT molecular complexity index is 716. The van der Waals surface area contributed by atoms with Gasteiger partial charge in [-0.2, -0.15) is 0 Å². The molecule has 0 atom stereocenters. The Morgan fingerprint density at radius 2 is 1.88 bits per heavy atom. The first-order valence-corrected chi connectivity index (χ1v) is 8.51. The Balaban J connectivity index is 1.55. The monoisotopic (exact) mass is 327 g/mol. The van der Waals surface area contributed by atoms with Gasteiger partial charge in [0, 0.05) is 24.5 Å². The summed E-state index contributed by atoms with van der Waals surface area (Å²) in [7, 11) is 0. The van der Waals surface area contributed by atoms with Crippen LogP contribution in [0.15, 0.2) is 36.4 Å². The third kappa shape index (κ3) is 4.16. The topological polar surface area (TPSA) is 54.5 Å². The first-order valence-electron chi connectivity index (χ1n) is 8.51.